The van der Waals surface area contributed by atoms with Gasteiger partial charge in [0.25, 0.3) is 0 Å². The first-order chi connectivity index (χ1) is 15.6. The molecule has 32 heavy (non-hydrogen) atoms. The van der Waals surface area contributed by atoms with Gasteiger partial charge in [-0.2, -0.15) is 0 Å². The van der Waals surface area contributed by atoms with Gasteiger partial charge >= 0.3 is 0 Å². The monoisotopic (exact) mass is 448 g/mol. The minimum absolute atomic E-state index is 0.163. The number of halogens is 1. The van der Waals surface area contributed by atoms with Crippen molar-refractivity contribution in [3.05, 3.63) is 83.2 Å². The molecule has 2 aromatic heterocycles. The Morgan fingerprint density at radius 2 is 1.78 bits per heavy atom. The molecule has 2 fully saturated rings. The van der Waals surface area contributed by atoms with Gasteiger partial charge in [0.1, 0.15) is 5.82 Å². The topological polar surface area (TPSA) is 33.1 Å². The number of aromatic nitrogens is 2. The Kier molecular flexibility index (Phi) is 5.72. The predicted molar refractivity (Wildman–Crippen MR) is 130 cm³/mol. The molecule has 0 amide bonds. The van der Waals surface area contributed by atoms with Crippen molar-refractivity contribution < 1.29 is 4.39 Å². The highest BCUT2D eigenvalue weighted by Crippen LogP contribution is 2.45. The van der Waals surface area contributed by atoms with Crippen molar-refractivity contribution in [1.29, 1.82) is 0 Å². The maximum atomic E-state index is 15.0. The Balaban J connectivity index is 1.65. The number of aryl methyl sites for hydroxylation is 1. The Morgan fingerprint density at radius 3 is 2.50 bits per heavy atom. The predicted octanol–water partition coefficient (Wildman–Crippen LogP) is 6.32. The Morgan fingerprint density at radius 1 is 1.03 bits per heavy atom. The average Bonchev–Trinajstić information content (AvgIpc) is 3.30. The largest absolute Gasteiger partial charge is 0.351 e. The number of pyridine rings is 1. The number of nitrogens with one attached hydrogen (secondary N) is 1. The van der Waals surface area contributed by atoms with Crippen molar-refractivity contribution >= 4 is 23.0 Å². The number of hydrogen-bond acceptors (Lipinski definition) is 2. The highest BCUT2D eigenvalue weighted by atomic mass is 32.1. The molecular formula is C26H29FN4S. The molecule has 4 nitrogen and oxygen atoms in total. The van der Waals surface area contributed by atoms with Crippen LogP contribution in [0.2, 0.25) is 0 Å². The molecule has 1 aliphatic carbocycles. The summed E-state index contributed by atoms with van der Waals surface area (Å²) in [7, 11) is 0. The van der Waals surface area contributed by atoms with Gasteiger partial charge in [0.15, 0.2) is 5.11 Å². The van der Waals surface area contributed by atoms with Crippen LogP contribution in [0.1, 0.15) is 72.9 Å². The fraction of sp³-hybridized carbons (Fsp3) is 0.385. The summed E-state index contributed by atoms with van der Waals surface area (Å²) in [5, 5.41) is 3.98. The Bertz CT molecular complexity index is 1120. The van der Waals surface area contributed by atoms with E-state index in [1.807, 2.05) is 29.2 Å². The van der Waals surface area contributed by atoms with Gasteiger partial charge in [-0.1, -0.05) is 37.5 Å². The summed E-state index contributed by atoms with van der Waals surface area (Å²) in [5.41, 5.74) is 5.08. The molecule has 5 rings (SSSR count). The van der Waals surface area contributed by atoms with Crippen LogP contribution in [0.4, 0.5) is 10.1 Å². The van der Waals surface area contributed by atoms with E-state index in [2.05, 4.69) is 34.8 Å². The van der Waals surface area contributed by atoms with Crippen LogP contribution in [-0.4, -0.2) is 14.7 Å². The summed E-state index contributed by atoms with van der Waals surface area (Å²) < 4.78 is 17.5. The van der Waals surface area contributed by atoms with Gasteiger partial charge in [0.05, 0.1) is 23.5 Å². The number of hydrogen-bond donors (Lipinski definition) is 1. The zero-order valence-electron chi connectivity index (χ0n) is 18.6. The summed E-state index contributed by atoms with van der Waals surface area (Å²) in [6, 6.07) is 15.2. The highest BCUT2D eigenvalue weighted by Gasteiger charge is 2.43. The minimum atomic E-state index is -0.274. The Hall–Kier alpha value is -2.73. The zero-order valence-corrected chi connectivity index (χ0v) is 19.4. The van der Waals surface area contributed by atoms with Gasteiger partial charge in [-0.05, 0) is 74.8 Å². The number of nitrogens with zero attached hydrogens (tertiary/aromatic N) is 3. The molecule has 3 heterocycles. The van der Waals surface area contributed by atoms with Crippen molar-refractivity contribution in [3.8, 4) is 0 Å². The molecular weight excluding hydrogens is 419 g/mol. The normalized spacial score (nSPS) is 21.7. The van der Waals surface area contributed by atoms with Crippen LogP contribution >= 0.6 is 12.2 Å². The van der Waals surface area contributed by atoms with Crippen molar-refractivity contribution in [2.75, 3.05) is 4.90 Å². The van der Waals surface area contributed by atoms with Crippen LogP contribution in [0.25, 0.3) is 0 Å². The van der Waals surface area contributed by atoms with E-state index in [4.69, 9.17) is 12.2 Å². The molecule has 1 aliphatic heterocycles. The number of anilines is 1. The van der Waals surface area contributed by atoms with Gasteiger partial charge < -0.3 is 14.8 Å². The zero-order chi connectivity index (χ0) is 22.2. The van der Waals surface area contributed by atoms with E-state index in [0.29, 0.717) is 16.8 Å². The van der Waals surface area contributed by atoms with Crippen molar-refractivity contribution in [3.63, 3.8) is 0 Å². The minimum Gasteiger partial charge on any atom is -0.351 e. The third-order valence-corrected chi connectivity index (χ3v) is 7.31. The lowest BCUT2D eigenvalue weighted by atomic mass is 9.94. The lowest BCUT2D eigenvalue weighted by molar-refractivity contribution is 0.345. The number of benzene rings is 1. The van der Waals surface area contributed by atoms with Crippen molar-refractivity contribution in [2.24, 2.45) is 0 Å². The van der Waals surface area contributed by atoms with Crippen molar-refractivity contribution in [1.82, 2.24) is 14.9 Å². The molecule has 0 bridgehead atoms. The van der Waals surface area contributed by atoms with E-state index in [1.54, 1.807) is 18.3 Å². The summed E-state index contributed by atoms with van der Waals surface area (Å²) >= 11 is 5.76. The lowest BCUT2D eigenvalue weighted by Crippen LogP contribution is -2.30. The van der Waals surface area contributed by atoms with E-state index in [9.17, 15) is 4.39 Å². The fourth-order valence-electron chi connectivity index (χ4n) is 5.58. The SMILES string of the molecule is Cc1cc([C@H]2[C@@H](c3ccccn3)NC(=S)N2c2ccccc2F)c(C)n1C1CCCCC1. The smallest absolute Gasteiger partial charge is 0.174 e. The average molecular weight is 449 g/mol. The number of rotatable bonds is 4. The summed E-state index contributed by atoms with van der Waals surface area (Å²) in [6.07, 6.45) is 8.13. The van der Waals surface area contributed by atoms with Crippen LogP contribution in [-0.2, 0) is 0 Å². The van der Waals surface area contributed by atoms with Crippen molar-refractivity contribution in [2.45, 2.75) is 64.1 Å². The van der Waals surface area contributed by atoms with Gasteiger partial charge in [-0.25, -0.2) is 4.39 Å². The molecule has 1 saturated carbocycles. The van der Waals surface area contributed by atoms with E-state index < -0.39 is 0 Å². The summed E-state index contributed by atoms with van der Waals surface area (Å²) in [6.45, 7) is 4.39. The summed E-state index contributed by atoms with van der Waals surface area (Å²) in [4.78, 5) is 6.56. The van der Waals surface area contributed by atoms with Gasteiger partial charge in [0.2, 0.25) is 0 Å². The molecule has 2 atom stereocenters. The van der Waals surface area contributed by atoms with Gasteiger partial charge in [0, 0.05) is 23.6 Å². The summed E-state index contributed by atoms with van der Waals surface area (Å²) in [5.74, 6) is -0.274. The van der Waals surface area contributed by atoms with Gasteiger partial charge in [-0.15, -0.1) is 0 Å². The molecule has 6 heteroatoms. The maximum Gasteiger partial charge on any atom is 0.174 e. The van der Waals surface area contributed by atoms with E-state index in [0.717, 1.165) is 5.69 Å². The number of thiocarbonyl (C=S) groups is 1. The molecule has 3 aromatic rings. The lowest BCUT2D eigenvalue weighted by Gasteiger charge is -2.30. The first kappa shape index (κ1) is 21.1. The second kappa shape index (κ2) is 8.66. The maximum absolute atomic E-state index is 15.0. The van der Waals surface area contributed by atoms with Crippen LogP contribution in [0, 0.1) is 19.7 Å². The molecule has 0 unspecified atom stereocenters. The van der Waals surface area contributed by atoms with Crippen LogP contribution < -0.4 is 10.2 Å². The van der Waals surface area contributed by atoms with Crippen LogP contribution in [0.15, 0.2) is 54.7 Å². The Labute approximate surface area is 194 Å². The van der Waals surface area contributed by atoms with E-state index in [-0.39, 0.29) is 17.9 Å². The van der Waals surface area contributed by atoms with Gasteiger partial charge in [-0.3, -0.25) is 4.98 Å². The quantitative estimate of drug-likeness (QED) is 0.474. The van der Waals surface area contributed by atoms with E-state index >= 15 is 0 Å². The molecule has 0 spiro atoms. The third-order valence-electron chi connectivity index (χ3n) is 6.99. The molecule has 2 aliphatic rings. The standard InChI is InChI=1S/C26H29FN4S/c1-17-16-20(18(2)30(17)19-10-4-3-5-11-19)25-24(22-13-8-9-15-28-22)29-26(32)31(25)23-14-7-6-12-21(23)27/h6-9,12-16,19,24-25H,3-5,10-11H2,1-2H3,(H,29,32)/t24-,25+/m1/s1. The second-order valence-electron chi connectivity index (χ2n) is 8.94. The molecule has 1 aromatic carbocycles. The first-order valence-electron chi connectivity index (χ1n) is 11.5. The second-order valence-corrected chi connectivity index (χ2v) is 9.32. The van der Waals surface area contributed by atoms with E-state index in [1.165, 1.54) is 55.1 Å². The fourth-order valence-corrected chi connectivity index (χ4v) is 5.92. The molecule has 1 saturated heterocycles. The number of para-hydroxylation sites is 1. The highest BCUT2D eigenvalue weighted by molar-refractivity contribution is 7.80. The molecule has 0 radical (unpaired) electrons. The first-order valence-corrected chi connectivity index (χ1v) is 11.9. The van der Waals surface area contributed by atoms with Crippen LogP contribution in [0.3, 0.4) is 0 Å². The third kappa shape index (κ3) is 3.60. The molecule has 1 N–H and O–H groups in total. The van der Waals surface area contributed by atoms with Crippen LogP contribution in [0.5, 0.6) is 0 Å². The molecule has 166 valence electrons.